The molecule has 3 nitrogen and oxygen atoms in total. The first-order chi connectivity index (χ1) is 8.84. The number of benzene rings is 1. The molecule has 1 amide bonds. The van der Waals surface area contributed by atoms with Gasteiger partial charge in [0, 0.05) is 12.1 Å². The van der Waals surface area contributed by atoms with Gasteiger partial charge in [-0.2, -0.15) is 0 Å². The van der Waals surface area contributed by atoms with Crippen LogP contribution in [-0.4, -0.2) is 34.1 Å². The van der Waals surface area contributed by atoms with Crippen LogP contribution < -0.4 is 0 Å². The molecule has 1 fully saturated rings. The summed E-state index contributed by atoms with van der Waals surface area (Å²) in [5, 5.41) is 9.95. The average Bonchev–Trinajstić information content (AvgIpc) is 2.63. The van der Waals surface area contributed by atoms with Crippen molar-refractivity contribution in [2.45, 2.75) is 51.7 Å². The van der Waals surface area contributed by atoms with Crippen molar-refractivity contribution >= 4 is 5.91 Å². The third kappa shape index (κ3) is 2.52. The molecular weight excluding hydrogens is 238 g/mol. The fourth-order valence-electron chi connectivity index (χ4n) is 2.60. The highest BCUT2D eigenvalue weighted by atomic mass is 16.3. The van der Waals surface area contributed by atoms with Crippen LogP contribution in [-0.2, 0) is 0 Å². The van der Waals surface area contributed by atoms with E-state index in [0.29, 0.717) is 24.4 Å². The van der Waals surface area contributed by atoms with Gasteiger partial charge in [-0.3, -0.25) is 4.79 Å². The smallest absolute Gasteiger partial charge is 0.254 e. The van der Waals surface area contributed by atoms with Crippen LogP contribution in [0.1, 0.15) is 56.0 Å². The first-order valence-corrected chi connectivity index (χ1v) is 6.94. The number of nitrogens with zero attached hydrogens (tertiary/aromatic N) is 1. The topological polar surface area (TPSA) is 40.5 Å². The molecule has 1 atom stereocenters. The maximum atomic E-state index is 12.5. The molecule has 0 saturated carbocycles. The maximum Gasteiger partial charge on any atom is 0.254 e. The van der Waals surface area contributed by atoms with Gasteiger partial charge in [0.15, 0.2) is 0 Å². The summed E-state index contributed by atoms with van der Waals surface area (Å²) in [5.41, 5.74) is 1.46. The number of carbonyl (C=O) groups is 1. The van der Waals surface area contributed by atoms with E-state index in [1.165, 1.54) is 5.56 Å². The molecule has 1 heterocycles. The van der Waals surface area contributed by atoms with E-state index in [4.69, 9.17) is 0 Å². The maximum absolute atomic E-state index is 12.5. The quantitative estimate of drug-likeness (QED) is 0.889. The largest absolute Gasteiger partial charge is 0.391 e. The number of hydrogen-bond donors (Lipinski definition) is 1. The van der Waals surface area contributed by atoms with Crippen LogP contribution in [0, 0.1) is 0 Å². The summed E-state index contributed by atoms with van der Waals surface area (Å²) < 4.78 is 0. The molecule has 0 aliphatic carbocycles. The third-order valence-corrected chi connectivity index (χ3v) is 4.21. The van der Waals surface area contributed by atoms with E-state index in [1.807, 2.05) is 38.1 Å². The van der Waals surface area contributed by atoms with Crippen molar-refractivity contribution < 1.29 is 9.90 Å². The number of rotatable bonds is 2. The Morgan fingerprint density at radius 2 is 1.89 bits per heavy atom. The van der Waals surface area contributed by atoms with Gasteiger partial charge in [0.2, 0.25) is 0 Å². The monoisotopic (exact) mass is 261 g/mol. The molecule has 1 aliphatic heterocycles. The Morgan fingerprint density at radius 1 is 1.32 bits per heavy atom. The van der Waals surface area contributed by atoms with Crippen molar-refractivity contribution in [1.82, 2.24) is 4.90 Å². The molecule has 19 heavy (non-hydrogen) atoms. The van der Waals surface area contributed by atoms with E-state index in [-0.39, 0.29) is 5.91 Å². The van der Waals surface area contributed by atoms with Crippen molar-refractivity contribution in [3.63, 3.8) is 0 Å². The summed E-state index contributed by atoms with van der Waals surface area (Å²) in [7, 11) is 0. The Kier molecular flexibility index (Phi) is 3.68. The molecule has 1 aromatic rings. The Labute approximate surface area is 115 Å². The highest BCUT2D eigenvalue weighted by molar-refractivity contribution is 5.95. The molecule has 1 unspecified atom stereocenters. The van der Waals surface area contributed by atoms with Gasteiger partial charge < -0.3 is 10.0 Å². The van der Waals surface area contributed by atoms with Crippen LogP contribution in [0.2, 0.25) is 0 Å². The normalized spacial score (nSPS) is 22.0. The van der Waals surface area contributed by atoms with Crippen LogP contribution >= 0.6 is 0 Å². The molecule has 0 spiro atoms. The predicted octanol–water partition coefficient (Wildman–Crippen LogP) is 2.80. The van der Waals surface area contributed by atoms with Crippen molar-refractivity contribution in [2.75, 3.05) is 6.54 Å². The van der Waals surface area contributed by atoms with Gasteiger partial charge >= 0.3 is 0 Å². The molecule has 2 rings (SSSR count). The molecule has 1 N–H and O–H groups in total. The summed E-state index contributed by atoms with van der Waals surface area (Å²) in [4.78, 5) is 14.3. The zero-order valence-electron chi connectivity index (χ0n) is 12.2. The SMILES string of the molecule is CC(C)c1ccc(C(=O)N2CCC(O)C2(C)C)cc1. The van der Waals surface area contributed by atoms with Crippen LogP contribution in [0.4, 0.5) is 0 Å². The van der Waals surface area contributed by atoms with Gasteiger partial charge in [0.25, 0.3) is 5.91 Å². The summed E-state index contributed by atoms with van der Waals surface area (Å²) in [5.74, 6) is 0.478. The Morgan fingerprint density at radius 3 is 2.32 bits per heavy atom. The molecule has 1 aromatic carbocycles. The minimum atomic E-state index is -0.478. The summed E-state index contributed by atoms with van der Waals surface area (Å²) in [6, 6.07) is 7.80. The van der Waals surface area contributed by atoms with E-state index in [1.54, 1.807) is 4.90 Å². The van der Waals surface area contributed by atoms with Crippen LogP contribution in [0.25, 0.3) is 0 Å². The second-order valence-corrected chi connectivity index (χ2v) is 6.19. The second-order valence-electron chi connectivity index (χ2n) is 6.19. The Balaban J connectivity index is 2.21. The number of carbonyl (C=O) groups excluding carboxylic acids is 1. The number of aliphatic hydroxyl groups is 1. The lowest BCUT2D eigenvalue weighted by Crippen LogP contribution is -2.48. The molecule has 104 valence electrons. The minimum Gasteiger partial charge on any atom is -0.391 e. The fourth-order valence-corrected chi connectivity index (χ4v) is 2.60. The lowest BCUT2D eigenvalue weighted by Gasteiger charge is -2.33. The van der Waals surface area contributed by atoms with Gasteiger partial charge in [-0.25, -0.2) is 0 Å². The molecule has 0 aromatic heterocycles. The fraction of sp³-hybridized carbons (Fsp3) is 0.562. The third-order valence-electron chi connectivity index (χ3n) is 4.21. The Hall–Kier alpha value is -1.35. The molecule has 0 radical (unpaired) electrons. The van der Waals surface area contributed by atoms with Gasteiger partial charge in [0.1, 0.15) is 0 Å². The number of amides is 1. The molecule has 0 bridgehead atoms. The summed E-state index contributed by atoms with van der Waals surface area (Å²) in [6.07, 6.45) is 0.217. The lowest BCUT2D eigenvalue weighted by atomic mass is 9.97. The molecule has 1 aliphatic rings. The second kappa shape index (κ2) is 4.97. The molecular formula is C16H23NO2. The van der Waals surface area contributed by atoms with E-state index in [2.05, 4.69) is 13.8 Å². The van der Waals surface area contributed by atoms with Gasteiger partial charge in [0.05, 0.1) is 11.6 Å². The van der Waals surface area contributed by atoms with Crippen LogP contribution in [0.3, 0.4) is 0 Å². The van der Waals surface area contributed by atoms with Crippen molar-refractivity contribution in [1.29, 1.82) is 0 Å². The summed E-state index contributed by atoms with van der Waals surface area (Å²) >= 11 is 0. The molecule has 3 heteroatoms. The van der Waals surface area contributed by atoms with Crippen LogP contribution in [0.5, 0.6) is 0 Å². The van der Waals surface area contributed by atoms with Gasteiger partial charge in [-0.05, 0) is 43.9 Å². The van der Waals surface area contributed by atoms with Gasteiger partial charge in [-0.15, -0.1) is 0 Å². The molecule has 1 saturated heterocycles. The highest BCUT2D eigenvalue weighted by Gasteiger charge is 2.42. The van der Waals surface area contributed by atoms with Crippen molar-refractivity contribution in [3.05, 3.63) is 35.4 Å². The first-order valence-electron chi connectivity index (χ1n) is 6.94. The number of likely N-dealkylation sites (tertiary alicyclic amines) is 1. The number of hydrogen-bond acceptors (Lipinski definition) is 2. The predicted molar refractivity (Wildman–Crippen MR) is 76.3 cm³/mol. The Bertz CT molecular complexity index is 462. The van der Waals surface area contributed by atoms with E-state index in [9.17, 15) is 9.90 Å². The highest BCUT2D eigenvalue weighted by Crippen LogP contribution is 2.30. The lowest BCUT2D eigenvalue weighted by molar-refractivity contribution is 0.0394. The minimum absolute atomic E-state index is 0.0110. The summed E-state index contributed by atoms with van der Waals surface area (Å²) in [6.45, 7) is 8.74. The first kappa shape index (κ1) is 14.1. The van der Waals surface area contributed by atoms with E-state index < -0.39 is 11.6 Å². The standard InChI is InChI=1S/C16H23NO2/c1-11(2)12-5-7-13(8-6-12)15(19)17-10-9-14(18)16(17,3)4/h5-8,11,14,18H,9-10H2,1-4H3. The van der Waals surface area contributed by atoms with Gasteiger partial charge in [-0.1, -0.05) is 26.0 Å². The van der Waals surface area contributed by atoms with E-state index >= 15 is 0 Å². The zero-order chi connectivity index (χ0) is 14.2. The van der Waals surface area contributed by atoms with Crippen molar-refractivity contribution in [3.8, 4) is 0 Å². The van der Waals surface area contributed by atoms with E-state index in [0.717, 1.165) is 0 Å². The average molecular weight is 261 g/mol. The van der Waals surface area contributed by atoms with Crippen LogP contribution in [0.15, 0.2) is 24.3 Å². The zero-order valence-corrected chi connectivity index (χ0v) is 12.2. The number of aliphatic hydroxyl groups excluding tert-OH is 1. The van der Waals surface area contributed by atoms with Crippen molar-refractivity contribution in [2.24, 2.45) is 0 Å².